The lowest BCUT2D eigenvalue weighted by Gasteiger charge is -1.91. The topological polar surface area (TPSA) is 51.8 Å². The van der Waals surface area contributed by atoms with Gasteiger partial charge in [0.05, 0.1) is 5.69 Å². The Labute approximate surface area is 66.1 Å². The Morgan fingerprint density at radius 1 is 1.40 bits per heavy atom. The first kappa shape index (κ1) is 9.17. The lowest BCUT2D eigenvalue weighted by atomic mass is 10.3. The zero-order chi connectivity index (χ0) is 6.69. The second-order valence-corrected chi connectivity index (χ2v) is 1.80. The van der Waals surface area contributed by atoms with Crippen LogP contribution in [0.2, 0.25) is 0 Å². The smallest absolute Gasteiger partial charge is 0.146 e. The minimum absolute atomic E-state index is 0. The van der Waals surface area contributed by atoms with Crippen molar-refractivity contribution in [3.05, 3.63) is 17.8 Å². The van der Waals surface area contributed by atoms with Gasteiger partial charge in [0, 0.05) is 0 Å². The van der Waals surface area contributed by atoms with E-state index in [0.717, 1.165) is 12.1 Å². The Morgan fingerprint density at radius 2 is 2.10 bits per heavy atom. The lowest BCUT2D eigenvalue weighted by Crippen LogP contribution is -1.94. The van der Waals surface area contributed by atoms with Gasteiger partial charge in [0.1, 0.15) is 5.82 Å². The van der Waals surface area contributed by atoms with Crippen LogP contribution < -0.4 is 5.73 Å². The molecule has 3 nitrogen and oxygen atoms in total. The molecule has 0 aliphatic carbocycles. The van der Waals surface area contributed by atoms with Gasteiger partial charge in [-0.3, -0.25) is 0 Å². The summed E-state index contributed by atoms with van der Waals surface area (Å²) in [6.45, 7) is 2.03. The van der Waals surface area contributed by atoms with Crippen molar-refractivity contribution in [3.8, 4) is 0 Å². The lowest BCUT2D eigenvalue weighted by molar-refractivity contribution is 0.926. The molecule has 1 aromatic heterocycles. The summed E-state index contributed by atoms with van der Waals surface area (Å²) in [5, 5.41) is 7.50. The molecule has 0 amide bonds. The van der Waals surface area contributed by atoms with E-state index in [0.29, 0.717) is 5.82 Å². The molecule has 1 rings (SSSR count). The first-order valence-electron chi connectivity index (χ1n) is 2.91. The van der Waals surface area contributed by atoms with Crippen molar-refractivity contribution in [1.29, 1.82) is 0 Å². The number of hydrogen-bond acceptors (Lipinski definition) is 3. The molecule has 0 aliphatic rings. The molecule has 4 heteroatoms. The molecule has 0 fully saturated rings. The summed E-state index contributed by atoms with van der Waals surface area (Å²) in [5.41, 5.74) is 6.28. The molecule has 0 saturated heterocycles. The van der Waals surface area contributed by atoms with Crippen LogP contribution in [0.1, 0.15) is 12.6 Å². The minimum Gasteiger partial charge on any atom is -0.382 e. The van der Waals surface area contributed by atoms with Crippen LogP contribution in [-0.4, -0.2) is 10.2 Å². The number of anilines is 1. The van der Waals surface area contributed by atoms with Crippen LogP contribution in [0.25, 0.3) is 0 Å². The maximum Gasteiger partial charge on any atom is 0.146 e. The Morgan fingerprint density at radius 3 is 2.50 bits per heavy atom. The van der Waals surface area contributed by atoms with E-state index in [2.05, 4.69) is 10.2 Å². The van der Waals surface area contributed by atoms with E-state index in [-0.39, 0.29) is 12.4 Å². The fraction of sp³-hybridized carbons (Fsp3) is 0.333. The number of hydrogen-bond donors (Lipinski definition) is 1. The van der Waals surface area contributed by atoms with Gasteiger partial charge >= 0.3 is 0 Å². The molecule has 1 aromatic rings. The minimum atomic E-state index is 0. The molecule has 0 unspecified atom stereocenters. The molecule has 0 spiro atoms. The Kier molecular flexibility index (Phi) is 3.72. The summed E-state index contributed by atoms with van der Waals surface area (Å²) < 4.78 is 0. The van der Waals surface area contributed by atoms with Crippen LogP contribution in [0.3, 0.4) is 0 Å². The number of nitrogen functional groups attached to an aromatic ring is 1. The van der Waals surface area contributed by atoms with Gasteiger partial charge in [-0.15, -0.1) is 17.5 Å². The van der Waals surface area contributed by atoms with E-state index in [4.69, 9.17) is 5.73 Å². The molecule has 0 aromatic carbocycles. The zero-order valence-corrected chi connectivity index (χ0v) is 6.56. The van der Waals surface area contributed by atoms with Gasteiger partial charge in [-0.05, 0) is 18.6 Å². The summed E-state index contributed by atoms with van der Waals surface area (Å²) in [6, 6.07) is 3.63. The van der Waals surface area contributed by atoms with Crippen LogP contribution in [0, 0.1) is 0 Å². The predicted octanol–water partition coefficient (Wildman–Crippen LogP) is 1.04. The van der Waals surface area contributed by atoms with Crippen molar-refractivity contribution in [2.45, 2.75) is 13.3 Å². The van der Waals surface area contributed by atoms with Gasteiger partial charge in [-0.25, -0.2) is 0 Å². The average Bonchev–Trinajstić information content (AvgIpc) is 1.90. The highest BCUT2D eigenvalue weighted by molar-refractivity contribution is 5.85. The van der Waals surface area contributed by atoms with E-state index in [9.17, 15) is 0 Å². The summed E-state index contributed by atoms with van der Waals surface area (Å²) >= 11 is 0. The molecular weight excluding hydrogens is 150 g/mol. The van der Waals surface area contributed by atoms with Gasteiger partial charge in [-0.2, -0.15) is 5.10 Å². The number of rotatable bonds is 1. The Hall–Kier alpha value is -0.830. The van der Waals surface area contributed by atoms with Crippen LogP contribution >= 0.6 is 12.4 Å². The fourth-order valence-corrected chi connectivity index (χ4v) is 0.559. The summed E-state index contributed by atoms with van der Waals surface area (Å²) in [6.07, 6.45) is 0.910. The maximum atomic E-state index is 5.31. The van der Waals surface area contributed by atoms with Crippen molar-refractivity contribution < 1.29 is 0 Å². The third-order valence-electron chi connectivity index (χ3n) is 1.10. The summed E-state index contributed by atoms with van der Waals surface area (Å²) in [7, 11) is 0. The van der Waals surface area contributed by atoms with Crippen molar-refractivity contribution in [2.75, 3.05) is 5.73 Å². The average molecular weight is 160 g/mol. The van der Waals surface area contributed by atoms with Crippen LogP contribution in [-0.2, 0) is 6.42 Å². The highest BCUT2D eigenvalue weighted by Crippen LogP contribution is 1.96. The van der Waals surface area contributed by atoms with E-state index in [1.54, 1.807) is 6.07 Å². The number of nitrogens with two attached hydrogens (primary N) is 1. The molecule has 0 bridgehead atoms. The SMILES string of the molecule is CCc1ccc(N)nn1.Cl. The second-order valence-electron chi connectivity index (χ2n) is 1.80. The fourth-order valence-electron chi connectivity index (χ4n) is 0.559. The van der Waals surface area contributed by atoms with Crippen LogP contribution in [0.5, 0.6) is 0 Å². The third kappa shape index (κ3) is 2.19. The number of nitrogens with zero attached hydrogens (tertiary/aromatic N) is 2. The van der Waals surface area contributed by atoms with Crippen molar-refractivity contribution in [3.63, 3.8) is 0 Å². The molecule has 0 atom stereocenters. The van der Waals surface area contributed by atoms with Crippen molar-refractivity contribution >= 4 is 18.2 Å². The highest BCUT2D eigenvalue weighted by atomic mass is 35.5. The van der Waals surface area contributed by atoms with Crippen molar-refractivity contribution in [2.24, 2.45) is 0 Å². The number of aromatic nitrogens is 2. The largest absolute Gasteiger partial charge is 0.382 e. The first-order chi connectivity index (χ1) is 4.33. The number of aryl methyl sites for hydroxylation is 1. The summed E-state index contributed by atoms with van der Waals surface area (Å²) in [5.74, 6) is 0.479. The van der Waals surface area contributed by atoms with Crippen molar-refractivity contribution in [1.82, 2.24) is 10.2 Å². The first-order valence-corrected chi connectivity index (χ1v) is 2.91. The standard InChI is InChI=1S/C6H9N3.ClH/c1-2-5-3-4-6(7)9-8-5;/h3-4H,2H2,1H3,(H2,7,9);1H. The quantitative estimate of drug-likeness (QED) is 0.666. The van der Waals surface area contributed by atoms with E-state index in [1.807, 2.05) is 13.0 Å². The molecule has 0 radical (unpaired) electrons. The molecule has 56 valence electrons. The molecule has 10 heavy (non-hydrogen) atoms. The Bertz CT molecular complexity index is 185. The van der Waals surface area contributed by atoms with E-state index >= 15 is 0 Å². The molecule has 0 aliphatic heterocycles. The zero-order valence-electron chi connectivity index (χ0n) is 5.74. The maximum absolute atomic E-state index is 5.31. The molecule has 0 saturated carbocycles. The molecule has 1 heterocycles. The van der Waals surface area contributed by atoms with Crippen LogP contribution in [0.4, 0.5) is 5.82 Å². The predicted molar refractivity (Wildman–Crippen MR) is 43.1 cm³/mol. The van der Waals surface area contributed by atoms with E-state index in [1.165, 1.54) is 0 Å². The highest BCUT2D eigenvalue weighted by Gasteiger charge is 1.88. The Balaban J connectivity index is 0.000000810. The molecular formula is C6H10ClN3. The van der Waals surface area contributed by atoms with E-state index < -0.39 is 0 Å². The second kappa shape index (κ2) is 4.06. The monoisotopic (exact) mass is 159 g/mol. The van der Waals surface area contributed by atoms with Gasteiger partial charge in [0.15, 0.2) is 0 Å². The third-order valence-corrected chi connectivity index (χ3v) is 1.10. The van der Waals surface area contributed by atoms with Gasteiger partial charge in [0.2, 0.25) is 0 Å². The number of halogens is 1. The summed E-state index contributed by atoms with van der Waals surface area (Å²) in [4.78, 5) is 0. The van der Waals surface area contributed by atoms with Crippen LogP contribution in [0.15, 0.2) is 12.1 Å². The molecule has 2 N–H and O–H groups in total. The normalized spacial score (nSPS) is 8.50. The van der Waals surface area contributed by atoms with Gasteiger partial charge in [0.25, 0.3) is 0 Å². The van der Waals surface area contributed by atoms with Gasteiger partial charge < -0.3 is 5.73 Å². The van der Waals surface area contributed by atoms with Gasteiger partial charge in [-0.1, -0.05) is 6.92 Å².